The summed E-state index contributed by atoms with van der Waals surface area (Å²) in [5, 5.41) is 21.8. The number of nitrogens with zero attached hydrogens (tertiary/aromatic N) is 1. The van der Waals surface area contributed by atoms with Crippen molar-refractivity contribution in [3.8, 4) is 11.1 Å². The molecule has 7 nitrogen and oxygen atoms in total. The van der Waals surface area contributed by atoms with Crippen LogP contribution in [0.4, 0.5) is 22.0 Å². The van der Waals surface area contributed by atoms with Gasteiger partial charge in [-0.1, -0.05) is 73.7 Å². The van der Waals surface area contributed by atoms with E-state index in [2.05, 4.69) is 17.1 Å². The van der Waals surface area contributed by atoms with Crippen LogP contribution in [0.2, 0.25) is 0 Å². The van der Waals surface area contributed by atoms with Gasteiger partial charge in [0.25, 0.3) is 5.91 Å². The summed E-state index contributed by atoms with van der Waals surface area (Å²) in [5.41, 5.74) is 3.08. The van der Waals surface area contributed by atoms with Crippen molar-refractivity contribution in [2.75, 3.05) is 19.6 Å². The standard InChI is InChI=1S/C37H35F5N2O5/c1-20-28(18-44-14-13-27(46)17-44)48-37(49-35(20)24-7-5-21(19-45)6-8-24)25-11-9-23(10-12-25)26-4-2-3-22(15-26)16-43-36(47)29-30(38)32(40)34(42)33(41)31(29)39/h2-12,15,20,27-28,35,37,45-46H,13-14,16-19H2,1H3,(H,43,47)/t20-,27-,28+,35+,37+/m0/s1. The van der Waals surface area contributed by atoms with E-state index in [-0.39, 0.29) is 37.4 Å². The molecule has 0 bridgehead atoms. The highest BCUT2D eigenvalue weighted by Crippen LogP contribution is 2.42. The lowest BCUT2D eigenvalue weighted by Gasteiger charge is -2.42. The van der Waals surface area contributed by atoms with Crippen LogP contribution in [0.5, 0.6) is 0 Å². The van der Waals surface area contributed by atoms with Crippen LogP contribution in [-0.4, -0.2) is 52.9 Å². The molecule has 0 unspecified atom stereocenters. The molecule has 2 aliphatic heterocycles. The number of hydrogen-bond donors (Lipinski definition) is 3. The molecule has 3 N–H and O–H groups in total. The predicted octanol–water partition coefficient (Wildman–Crippen LogP) is 6.33. The maximum atomic E-state index is 14.1. The average Bonchev–Trinajstić information content (AvgIpc) is 3.54. The molecule has 5 atom stereocenters. The predicted molar refractivity (Wildman–Crippen MR) is 169 cm³/mol. The lowest BCUT2D eigenvalue weighted by atomic mass is 9.90. The third kappa shape index (κ3) is 7.38. The summed E-state index contributed by atoms with van der Waals surface area (Å²) in [4.78, 5) is 14.6. The monoisotopic (exact) mass is 682 g/mol. The molecule has 4 aromatic rings. The van der Waals surface area contributed by atoms with E-state index < -0.39 is 46.8 Å². The number of rotatable bonds is 9. The van der Waals surface area contributed by atoms with Crippen molar-refractivity contribution in [3.05, 3.63) is 130 Å². The van der Waals surface area contributed by atoms with Gasteiger partial charge in [0.05, 0.1) is 24.9 Å². The maximum Gasteiger partial charge on any atom is 0.257 e. The molecule has 2 heterocycles. The Morgan fingerprint density at radius 2 is 1.49 bits per heavy atom. The van der Waals surface area contributed by atoms with Crippen LogP contribution in [0.25, 0.3) is 11.1 Å². The van der Waals surface area contributed by atoms with Crippen molar-refractivity contribution < 1.29 is 46.4 Å². The lowest BCUT2D eigenvalue weighted by molar-refractivity contribution is -0.276. The van der Waals surface area contributed by atoms with Crippen LogP contribution in [0.3, 0.4) is 0 Å². The zero-order valence-electron chi connectivity index (χ0n) is 26.5. The van der Waals surface area contributed by atoms with Gasteiger partial charge in [-0.3, -0.25) is 9.69 Å². The lowest BCUT2D eigenvalue weighted by Crippen LogP contribution is -2.44. The second-order valence-corrected chi connectivity index (χ2v) is 12.5. The minimum absolute atomic E-state index is 0.00874. The second kappa shape index (κ2) is 14.7. The summed E-state index contributed by atoms with van der Waals surface area (Å²) in [7, 11) is 0. The van der Waals surface area contributed by atoms with Crippen molar-refractivity contribution in [1.82, 2.24) is 10.2 Å². The third-order valence-electron chi connectivity index (χ3n) is 9.14. The number of likely N-dealkylation sites (tertiary alicyclic amines) is 1. The van der Waals surface area contributed by atoms with Gasteiger partial charge in [0.15, 0.2) is 29.6 Å². The van der Waals surface area contributed by atoms with Gasteiger partial charge < -0.3 is 25.0 Å². The Hall–Kier alpha value is -4.20. The number of nitrogens with one attached hydrogen (secondary N) is 1. The summed E-state index contributed by atoms with van der Waals surface area (Å²) in [6.45, 7) is 3.79. The number of carbonyl (C=O) groups excluding carboxylic acids is 1. The summed E-state index contributed by atoms with van der Waals surface area (Å²) in [5.74, 6) is -12.6. The van der Waals surface area contributed by atoms with E-state index in [4.69, 9.17) is 9.47 Å². The van der Waals surface area contributed by atoms with Gasteiger partial charge in [0, 0.05) is 37.7 Å². The van der Waals surface area contributed by atoms with Gasteiger partial charge in [-0.2, -0.15) is 0 Å². The Morgan fingerprint density at radius 3 is 2.12 bits per heavy atom. The molecule has 0 aromatic heterocycles. The first kappa shape index (κ1) is 34.7. The molecular weight excluding hydrogens is 647 g/mol. The van der Waals surface area contributed by atoms with Crippen molar-refractivity contribution >= 4 is 5.91 Å². The Balaban J connectivity index is 1.18. The molecule has 0 saturated carbocycles. The molecule has 49 heavy (non-hydrogen) atoms. The molecule has 0 spiro atoms. The number of aliphatic hydroxyl groups excluding tert-OH is 2. The van der Waals surface area contributed by atoms with E-state index in [0.717, 1.165) is 34.4 Å². The second-order valence-electron chi connectivity index (χ2n) is 12.5. The number of carbonyl (C=O) groups is 1. The van der Waals surface area contributed by atoms with Crippen molar-refractivity contribution in [3.63, 3.8) is 0 Å². The van der Waals surface area contributed by atoms with Crippen molar-refractivity contribution in [2.24, 2.45) is 5.92 Å². The summed E-state index contributed by atoms with van der Waals surface area (Å²) >= 11 is 0. The molecule has 2 fully saturated rings. The Bertz CT molecular complexity index is 1780. The van der Waals surface area contributed by atoms with Crippen LogP contribution in [0.1, 0.15) is 58.4 Å². The van der Waals surface area contributed by atoms with Crippen molar-refractivity contribution in [1.29, 1.82) is 0 Å². The third-order valence-corrected chi connectivity index (χ3v) is 9.14. The van der Waals surface area contributed by atoms with Gasteiger partial charge in [-0.25, -0.2) is 22.0 Å². The summed E-state index contributed by atoms with van der Waals surface area (Å²) in [6.07, 6.45) is -0.810. The van der Waals surface area contributed by atoms with E-state index in [0.29, 0.717) is 25.1 Å². The van der Waals surface area contributed by atoms with Gasteiger partial charge in [-0.05, 0) is 40.3 Å². The van der Waals surface area contributed by atoms with Crippen LogP contribution in [0.15, 0.2) is 72.8 Å². The number of hydrogen-bond acceptors (Lipinski definition) is 6. The number of β-amino-alcohol motifs (C(OH)–C–C–N with tert-alkyl or cyclic N) is 1. The van der Waals surface area contributed by atoms with E-state index in [1.807, 2.05) is 54.6 Å². The molecule has 6 rings (SSSR count). The fraction of sp³-hybridized carbons (Fsp3) is 0.324. The van der Waals surface area contributed by atoms with Gasteiger partial charge in [-0.15, -0.1) is 0 Å². The first-order valence-corrected chi connectivity index (χ1v) is 15.9. The fourth-order valence-electron chi connectivity index (χ4n) is 6.33. The number of benzene rings is 4. The van der Waals surface area contributed by atoms with Crippen molar-refractivity contribution in [2.45, 2.75) is 51.1 Å². The van der Waals surface area contributed by atoms with E-state index >= 15 is 0 Å². The molecule has 1 amide bonds. The highest BCUT2D eigenvalue weighted by molar-refractivity contribution is 5.94. The number of halogens is 5. The minimum Gasteiger partial charge on any atom is -0.392 e. The molecular formula is C37H35F5N2O5. The number of amides is 1. The highest BCUT2D eigenvalue weighted by Gasteiger charge is 2.40. The molecule has 258 valence electrons. The fourth-order valence-corrected chi connectivity index (χ4v) is 6.33. The smallest absolute Gasteiger partial charge is 0.257 e. The Morgan fingerprint density at radius 1 is 0.837 bits per heavy atom. The summed E-state index contributed by atoms with van der Waals surface area (Å²) in [6, 6.07) is 22.1. The van der Waals surface area contributed by atoms with Crippen LogP contribution in [-0.2, 0) is 22.6 Å². The molecule has 2 saturated heterocycles. The molecule has 12 heteroatoms. The van der Waals surface area contributed by atoms with Gasteiger partial charge in [0.1, 0.15) is 5.56 Å². The first-order valence-electron chi connectivity index (χ1n) is 15.9. The van der Waals surface area contributed by atoms with Crippen LogP contribution < -0.4 is 5.32 Å². The topological polar surface area (TPSA) is 91.3 Å². The van der Waals surface area contributed by atoms with E-state index in [9.17, 15) is 37.0 Å². The average molecular weight is 683 g/mol. The van der Waals surface area contributed by atoms with Gasteiger partial charge >= 0.3 is 0 Å². The van der Waals surface area contributed by atoms with E-state index in [1.54, 1.807) is 18.2 Å². The maximum absolute atomic E-state index is 14.1. The largest absolute Gasteiger partial charge is 0.392 e. The quantitative estimate of drug-likeness (QED) is 0.109. The zero-order chi connectivity index (χ0) is 34.8. The van der Waals surface area contributed by atoms with Crippen LogP contribution >= 0.6 is 0 Å². The number of ether oxygens (including phenoxy) is 2. The molecule has 0 radical (unpaired) electrons. The highest BCUT2D eigenvalue weighted by atomic mass is 19.2. The minimum atomic E-state index is -2.34. The Kier molecular flexibility index (Phi) is 10.4. The molecule has 4 aromatic carbocycles. The zero-order valence-corrected chi connectivity index (χ0v) is 26.5. The molecule has 0 aliphatic carbocycles. The van der Waals surface area contributed by atoms with E-state index in [1.165, 1.54) is 0 Å². The first-order chi connectivity index (χ1) is 23.5. The normalized spacial score (nSPS) is 22.7. The van der Waals surface area contributed by atoms with Gasteiger partial charge in [0.2, 0.25) is 5.82 Å². The summed E-state index contributed by atoms with van der Waals surface area (Å²) < 4.78 is 81.8. The Labute approximate surface area is 279 Å². The van der Waals surface area contributed by atoms with Crippen LogP contribution in [0, 0.1) is 35.0 Å². The molecule has 2 aliphatic rings. The SMILES string of the molecule is C[C@H]1[C@@H](CN2CC[C@H](O)C2)O[C@@H](c2ccc(-c3cccc(CNC(=O)c4c(F)c(F)c(F)c(F)c4F)c3)cc2)O[C@H]1c1ccc(CO)cc1. The number of aliphatic hydroxyl groups is 2.